The molecule has 7 nitrogen and oxygen atoms in total. The lowest BCUT2D eigenvalue weighted by Crippen LogP contribution is -1.89. The zero-order valence-electron chi connectivity index (χ0n) is 7.96. The predicted octanol–water partition coefficient (Wildman–Crippen LogP) is 0.515. The van der Waals surface area contributed by atoms with Gasteiger partial charge in [0.15, 0.2) is 0 Å². The maximum Gasteiger partial charge on any atom is 0.394 e. The lowest BCUT2D eigenvalue weighted by Gasteiger charge is -1.86. The summed E-state index contributed by atoms with van der Waals surface area (Å²) in [5.74, 6) is 0. The van der Waals surface area contributed by atoms with Crippen LogP contribution in [0.15, 0.2) is 40.8 Å². The second kappa shape index (κ2) is 10.4. The van der Waals surface area contributed by atoms with Crippen LogP contribution in [0.1, 0.15) is 0 Å². The number of hydrogen-bond donors (Lipinski definition) is 2. The van der Waals surface area contributed by atoms with E-state index < -0.39 is 21.7 Å². The molecule has 1 atom stereocenters. The van der Waals surface area contributed by atoms with Crippen LogP contribution in [0, 0.1) is 0 Å². The van der Waals surface area contributed by atoms with E-state index in [2.05, 4.69) is 11.1 Å². The first kappa shape index (κ1) is 17.3. The van der Waals surface area contributed by atoms with E-state index >= 15 is 0 Å². The van der Waals surface area contributed by atoms with Crippen LogP contribution < -0.4 is 0 Å². The molecule has 0 amide bonds. The summed E-state index contributed by atoms with van der Waals surface area (Å²) in [6, 6.07) is 12.0. The van der Waals surface area contributed by atoms with Gasteiger partial charge in [-0.15, -0.1) is 0 Å². The molecule has 0 heterocycles. The van der Waals surface area contributed by atoms with Gasteiger partial charge in [0.1, 0.15) is 0 Å². The number of benzene rings is 1. The minimum Gasteiger partial charge on any atom is -0.754 e. The molecule has 0 bridgehead atoms. The standard InChI is InChI=1S/C6H6.CH3NO2S.H2O4S/c1-2-4-6-5-3-1;1-2-5(3)4;1-5(2,3)4/h1-6H;1H2,(H,3,4);(H2,1,2,3,4)/p-1. The van der Waals surface area contributed by atoms with E-state index in [1.807, 2.05) is 36.4 Å². The van der Waals surface area contributed by atoms with Crippen molar-refractivity contribution in [3.05, 3.63) is 36.4 Å². The summed E-state index contributed by atoms with van der Waals surface area (Å²) in [6.45, 7) is 2.70. The predicted molar refractivity (Wildman–Crippen MR) is 59.1 cm³/mol. The highest BCUT2D eigenvalue weighted by molar-refractivity contribution is 7.79. The third-order valence-corrected chi connectivity index (χ3v) is 0.983. The average molecular weight is 268 g/mol. The van der Waals surface area contributed by atoms with Gasteiger partial charge in [-0.1, -0.05) is 36.4 Å². The summed E-state index contributed by atoms with van der Waals surface area (Å²) in [7, 11) is -4.67. The van der Waals surface area contributed by atoms with Crippen LogP contribution in [-0.4, -0.2) is 33.0 Å². The minimum atomic E-state index is -4.67. The fourth-order valence-electron chi connectivity index (χ4n) is 0.385. The second-order valence-corrected chi connectivity index (χ2v) is 3.54. The molecule has 2 N–H and O–H groups in total. The van der Waals surface area contributed by atoms with Gasteiger partial charge in [-0.3, -0.25) is 13.3 Å². The Morgan fingerprint density at radius 1 is 1.06 bits per heavy atom. The Morgan fingerprint density at radius 3 is 1.25 bits per heavy atom. The molecule has 0 fully saturated rings. The molecule has 0 aromatic heterocycles. The van der Waals surface area contributed by atoms with E-state index in [0.29, 0.717) is 0 Å². The van der Waals surface area contributed by atoms with E-state index in [1.165, 1.54) is 0 Å². The van der Waals surface area contributed by atoms with E-state index in [1.54, 1.807) is 0 Å². The highest BCUT2D eigenvalue weighted by Crippen LogP contribution is 1.79. The molecular formula is C7H10NO6S2-. The van der Waals surface area contributed by atoms with Crippen LogP contribution >= 0.6 is 0 Å². The van der Waals surface area contributed by atoms with E-state index in [-0.39, 0.29) is 0 Å². The van der Waals surface area contributed by atoms with Crippen LogP contribution in [0.5, 0.6) is 0 Å². The van der Waals surface area contributed by atoms with Crippen LogP contribution in [0.3, 0.4) is 0 Å². The molecule has 1 aromatic carbocycles. The molecule has 0 aliphatic rings. The van der Waals surface area contributed by atoms with Crippen molar-refractivity contribution in [2.24, 2.45) is 4.40 Å². The smallest absolute Gasteiger partial charge is 0.394 e. The molecule has 9 heteroatoms. The van der Waals surface area contributed by atoms with E-state index in [0.717, 1.165) is 0 Å². The molecule has 0 radical (unpaired) electrons. The highest BCUT2D eigenvalue weighted by atomic mass is 32.3. The van der Waals surface area contributed by atoms with Crippen molar-refractivity contribution in [3.63, 3.8) is 0 Å². The van der Waals surface area contributed by atoms with Crippen molar-refractivity contribution in [2.75, 3.05) is 0 Å². The van der Waals surface area contributed by atoms with Crippen molar-refractivity contribution in [1.29, 1.82) is 0 Å². The Balaban J connectivity index is 0. The summed E-state index contributed by atoms with van der Waals surface area (Å²) < 4.78 is 52.4. The molecule has 0 saturated heterocycles. The molecule has 16 heavy (non-hydrogen) atoms. The lowest BCUT2D eigenvalue weighted by molar-refractivity contribution is 0.381. The third-order valence-electron chi connectivity index (χ3n) is 0.772. The molecule has 1 rings (SSSR count). The summed E-state index contributed by atoms with van der Waals surface area (Å²) in [6.07, 6.45) is 0. The van der Waals surface area contributed by atoms with Crippen molar-refractivity contribution in [1.82, 2.24) is 0 Å². The van der Waals surface area contributed by atoms with Crippen LogP contribution in [0.4, 0.5) is 0 Å². The normalized spacial score (nSPS) is 10.9. The first-order valence-electron chi connectivity index (χ1n) is 3.53. The molecule has 0 saturated carbocycles. The van der Waals surface area contributed by atoms with Crippen LogP contribution in [0.2, 0.25) is 0 Å². The summed E-state index contributed by atoms with van der Waals surface area (Å²) >= 11 is -2.31. The average Bonchev–Trinajstić information content (AvgIpc) is 2.19. The SMILES string of the molecule is C=NS(=O)[O-].O=S(=O)(O)O.c1ccccc1. The van der Waals surface area contributed by atoms with Gasteiger partial charge in [0, 0.05) is 6.72 Å². The largest absolute Gasteiger partial charge is 0.754 e. The molecule has 1 aromatic rings. The monoisotopic (exact) mass is 268 g/mol. The van der Waals surface area contributed by atoms with Gasteiger partial charge >= 0.3 is 10.4 Å². The Bertz CT molecular complexity index is 356. The molecule has 0 spiro atoms. The fourth-order valence-corrected chi connectivity index (χ4v) is 0.385. The summed E-state index contributed by atoms with van der Waals surface area (Å²) in [5.41, 5.74) is 0. The first-order chi connectivity index (χ1) is 7.27. The van der Waals surface area contributed by atoms with Crippen molar-refractivity contribution in [2.45, 2.75) is 0 Å². The van der Waals surface area contributed by atoms with Gasteiger partial charge in [-0.05, 0) is 0 Å². The maximum atomic E-state index is 9.14. The Kier molecular flexibility index (Phi) is 11.2. The minimum absolute atomic E-state index is 2.00. The summed E-state index contributed by atoms with van der Waals surface area (Å²) in [5, 5.41) is 0. The first-order valence-corrected chi connectivity index (χ1v) is 5.96. The van der Waals surface area contributed by atoms with Crippen molar-refractivity contribution >= 4 is 28.4 Å². The second-order valence-electron chi connectivity index (χ2n) is 1.95. The van der Waals surface area contributed by atoms with Gasteiger partial charge in [0.05, 0.1) is 11.3 Å². The van der Waals surface area contributed by atoms with Gasteiger partial charge in [0.2, 0.25) is 0 Å². The lowest BCUT2D eigenvalue weighted by atomic mass is 10.4. The number of hydrogen-bond acceptors (Lipinski definition) is 4. The Morgan fingerprint density at radius 2 is 1.19 bits per heavy atom. The fraction of sp³-hybridized carbons (Fsp3) is 0. The molecular weight excluding hydrogens is 258 g/mol. The third kappa shape index (κ3) is 38.4. The van der Waals surface area contributed by atoms with Crippen LogP contribution in [-0.2, 0) is 21.7 Å². The molecule has 1 unspecified atom stereocenters. The quantitative estimate of drug-likeness (QED) is 0.434. The van der Waals surface area contributed by atoms with Crippen molar-refractivity contribution in [3.8, 4) is 0 Å². The highest BCUT2D eigenvalue weighted by Gasteiger charge is 1.84. The Hall–Kier alpha value is -1.13. The van der Waals surface area contributed by atoms with Gasteiger partial charge in [-0.25, -0.2) is 4.40 Å². The van der Waals surface area contributed by atoms with Crippen molar-refractivity contribution < 1.29 is 26.3 Å². The zero-order chi connectivity index (χ0) is 13.0. The molecule has 0 aliphatic carbocycles. The molecule has 92 valence electrons. The number of rotatable bonds is 1. The topological polar surface area (TPSA) is 127 Å². The summed E-state index contributed by atoms with van der Waals surface area (Å²) in [4.78, 5) is 0. The number of nitrogens with zero attached hydrogens (tertiary/aromatic N) is 1. The zero-order valence-corrected chi connectivity index (χ0v) is 9.60. The Labute approximate surface area is 95.8 Å². The van der Waals surface area contributed by atoms with Crippen LogP contribution in [0.25, 0.3) is 0 Å². The van der Waals surface area contributed by atoms with Gasteiger partial charge < -0.3 is 4.55 Å². The van der Waals surface area contributed by atoms with Gasteiger partial charge in [0.25, 0.3) is 0 Å². The van der Waals surface area contributed by atoms with E-state index in [9.17, 15) is 0 Å². The maximum absolute atomic E-state index is 9.14. The molecule has 0 aliphatic heterocycles. The van der Waals surface area contributed by atoms with E-state index in [4.69, 9.17) is 26.3 Å². The van der Waals surface area contributed by atoms with Gasteiger partial charge in [-0.2, -0.15) is 8.42 Å².